The molecule has 0 radical (unpaired) electrons. The second-order valence-electron chi connectivity index (χ2n) is 16.3. The molecule has 3 aromatic carbocycles. The Morgan fingerprint density at radius 1 is 0.879 bits per heavy atom. The lowest BCUT2D eigenvalue weighted by atomic mass is 9.90. The lowest BCUT2D eigenvalue weighted by molar-refractivity contribution is -0.00431. The van der Waals surface area contributed by atoms with Crippen LogP contribution in [0.4, 0.5) is 4.39 Å². The fraction of sp³-hybridized carbons (Fsp3) is 0.422. The van der Waals surface area contributed by atoms with Crippen LogP contribution < -0.4 is 20.7 Å². The van der Waals surface area contributed by atoms with Crippen LogP contribution in [0, 0.1) is 5.82 Å². The van der Waals surface area contributed by atoms with Gasteiger partial charge in [-0.05, 0) is 99.0 Å². The number of hydrogen-bond acceptors (Lipinski definition) is 9. The van der Waals surface area contributed by atoms with Crippen LogP contribution in [0.25, 0.3) is 22.2 Å². The van der Waals surface area contributed by atoms with Crippen molar-refractivity contribution >= 4 is 22.8 Å². The van der Waals surface area contributed by atoms with Crippen LogP contribution in [0.15, 0.2) is 79.3 Å². The van der Waals surface area contributed by atoms with Crippen molar-refractivity contribution in [3.8, 4) is 22.8 Å². The molecule has 2 unspecified atom stereocenters. The van der Waals surface area contributed by atoms with Gasteiger partial charge in [0, 0.05) is 62.9 Å². The van der Waals surface area contributed by atoms with Gasteiger partial charge in [0.25, 0.3) is 11.8 Å². The van der Waals surface area contributed by atoms with Gasteiger partial charge in [0.1, 0.15) is 22.6 Å². The molecule has 1 aliphatic carbocycles. The highest BCUT2D eigenvalue weighted by atomic mass is 19.1. The quantitative estimate of drug-likeness (QED) is 0.119. The Labute approximate surface area is 338 Å². The minimum atomic E-state index is -0.628. The van der Waals surface area contributed by atoms with Crippen molar-refractivity contribution < 1.29 is 23.5 Å². The van der Waals surface area contributed by atoms with Gasteiger partial charge in [-0.2, -0.15) is 0 Å². The number of halogens is 1. The van der Waals surface area contributed by atoms with Crippen LogP contribution in [0.3, 0.4) is 0 Å². The summed E-state index contributed by atoms with van der Waals surface area (Å²) in [4.78, 5) is 43.3. The number of para-hydroxylation sites is 1. The number of H-pyrrole nitrogens is 1. The molecule has 4 heterocycles. The Morgan fingerprint density at radius 2 is 1.62 bits per heavy atom. The van der Waals surface area contributed by atoms with E-state index in [4.69, 9.17) is 9.47 Å². The number of benzene rings is 3. The topological polar surface area (TPSA) is 137 Å². The summed E-state index contributed by atoms with van der Waals surface area (Å²) in [6, 6.07) is 22.2. The SMILES string of the molecule is CC1CN(Cc2ccc(-c3cccc(Oc4ncc(F)cc4C(=O)NC4CCC(NC(=O)c5cccc6[nH]cnc56)CC4)c3)c(CN3CCOCC3C)c2)C[C@H](C)N1. The number of hydrogen-bond donors (Lipinski definition) is 4. The number of carbonyl (C=O) groups excluding carboxylic acids is 2. The van der Waals surface area contributed by atoms with Gasteiger partial charge < -0.3 is 30.4 Å². The summed E-state index contributed by atoms with van der Waals surface area (Å²) in [5.74, 6) is -0.734. The monoisotopic (exact) mass is 788 g/mol. The average Bonchev–Trinajstić information content (AvgIpc) is 3.70. The smallest absolute Gasteiger partial charge is 0.257 e. The van der Waals surface area contributed by atoms with Gasteiger partial charge in [0.2, 0.25) is 5.88 Å². The summed E-state index contributed by atoms with van der Waals surface area (Å²) in [6.45, 7) is 12.7. The predicted molar refractivity (Wildman–Crippen MR) is 221 cm³/mol. The van der Waals surface area contributed by atoms with E-state index in [1.54, 1.807) is 12.4 Å². The third-order valence-corrected chi connectivity index (χ3v) is 11.6. The molecule has 12 nitrogen and oxygen atoms in total. The van der Waals surface area contributed by atoms with Gasteiger partial charge in [-0.15, -0.1) is 0 Å². The summed E-state index contributed by atoms with van der Waals surface area (Å²) < 4.78 is 26.7. The van der Waals surface area contributed by atoms with Crippen LogP contribution in [-0.2, 0) is 17.8 Å². The molecule has 2 aliphatic heterocycles. The van der Waals surface area contributed by atoms with E-state index in [1.165, 1.54) is 17.2 Å². The lowest BCUT2D eigenvalue weighted by Crippen LogP contribution is -2.53. The van der Waals surface area contributed by atoms with E-state index in [-0.39, 0.29) is 29.4 Å². The molecular weight excluding hydrogens is 736 g/mol. The van der Waals surface area contributed by atoms with Gasteiger partial charge in [-0.3, -0.25) is 19.4 Å². The normalized spacial score (nSPS) is 23.1. The van der Waals surface area contributed by atoms with E-state index >= 15 is 0 Å². The first kappa shape index (κ1) is 39.6. The zero-order valence-corrected chi connectivity index (χ0v) is 33.5. The lowest BCUT2D eigenvalue weighted by Gasteiger charge is -2.36. The molecule has 2 saturated heterocycles. The molecule has 1 saturated carbocycles. The molecule has 2 amide bonds. The maximum absolute atomic E-state index is 14.6. The van der Waals surface area contributed by atoms with Crippen LogP contribution in [0.2, 0.25) is 0 Å². The fourth-order valence-corrected chi connectivity index (χ4v) is 8.77. The largest absolute Gasteiger partial charge is 0.438 e. The Hall–Kier alpha value is -5.21. The molecule has 58 heavy (non-hydrogen) atoms. The van der Waals surface area contributed by atoms with E-state index in [9.17, 15) is 14.0 Å². The number of amides is 2. The number of aromatic nitrogens is 3. The van der Waals surface area contributed by atoms with Crippen molar-refractivity contribution in [1.82, 2.24) is 40.7 Å². The zero-order chi connectivity index (χ0) is 40.2. The Morgan fingerprint density at radius 3 is 2.38 bits per heavy atom. The highest BCUT2D eigenvalue weighted by molar-refractivity contribution is 6.04. The van der Waals surface area contributed by atoms with Crippen LogP contribution in [0.5, 0.6) is 11.6 Å². The Balaban J connectivity index is 0.949. The summed E-state index contributed by atoms with van der Waals surface area (Å²) in [5.41, 5.74) is 6.57. The molecule has 8 rings (SSSR count). The summed E-state index contributed by atoms with van der Waals surface area (Å²) in [6.07, 6.45) is 5.33. The molecule has 304 valence electrons. The van der Waals surface area contributed by atoms with Gasteiger partial charge in [-0.25, -0.2) is 14.4 Å². The summed E-state index contributed by atoms with van der Waals surface area (Å²) in [7, 11) is 0. The number of imidazole rings is 1. The number of carbonyl (C=O) groups is 2. The van der Waals surface area contributed by atoms with Gasteiger partial charge >= 0.3 is 0 Å². The van der Waals surface area contributed by atoms with E-state index in [1.807, 2.05) is 30.3 Å². The fourth-order valence-electron chi connectivity index (χ4n) is 8.77. The molecule has 3 aliphatic rings. The molecule has 0 bridgehead atoms. The summed E-state index contributed by atoms with van der Waals surface area (Å²) in [5, 5.41) is 9.83. The number of fused-ring (bicyclic) bond motifs is 1. The molecule has 5 aromatic rings. The number of morpholine rings is 1. The van der Waals surface area contributed by atoms with E-state index in [0.717, 1.165) is 55.6 Å². The molecular formula is C45H53FN8O4. The molecule has 3 fully saturated rings. The average molecular weight is 789 g/mol. The number of aromatic amines is 1. The van der Waals surface area contributed by atoms with Crippen LogP contribution in [0.1, 0.15) is 78.3 Å². The molecule has 0 spiro atoms. The third kappa shape index (κ3) is 9.39. The van der Waals surface area contributed by atoms with Gasteiger partial charge in [0.15, 0.2) is 0 Å². The first-order valence-electron chi connectivity index (χ1n) is 20.5. The first-order valence-corrected chi connectivity index (χ1v) is 20.5. The minimum absolute atomic E-state index is 0.0239. The molecule has 2 aromatic heterocycles. The van der Waals surface area contributed by atoms with Gasteiger partial charge in [0.05, 0.1) is 36.8 Å². The van der Waals surface area contributed by atoms with Crippen molar-refractivity contribution in [2.24, 2.45) is 0 Å². The number of rotatable bonds is 11. The Bertz CT molecular complexity index is 2230. The molecule has 13 heteroatoms. The number of piperazine rings is 1. The van der Waals surface area contributed by atoms with E-state index in [2.05, 4.69) is 85.7 Å². The first-order chi connectivity index (χ1) is 28.1. The number of ether oxygens (including phenoxy) is 2. The molecule has 4 N–H and O–H groups in total. The van der Waals surface area contributed by atoms with Crippen molar-refractivity contribution in [3.63, 3.8) is 0 Å². The van der Waals surface area contributed by atoms with Crippen molar-refractivity contribution in [2.75, 3.05) is 32.8 Å². The highest BCUT2D eigenvalue weighted by Crippen LogP contribution is 2.33. The van der Waals surface area contributed by atoms with Crippen molar-refractivity contribution in [1.29, 1.82) is 0 Å². The predicted octanol–water partition coefficient (Wildman–Crippen LogP) is 6.43. The zero-order valence-electron chi connectivity index (χ0n) is 33.5. The minimum Gasteiger partial charge on any atom is -0.438 e. The highest BCUT2D eigenvalue weighted by Gasteiger charge is 2.27. The second kappa shape index (κ2) is 17.7. The van der Waals surface area contributed by atoms with Crippen molar-refractivity contribution in [3.05, 3.63) is 107 Å². The van der Waals surface area contributed by atoms with E-state index in [0.29, 0.717) is 73.9 Å². The van der Waals surface area contributed by atoms with E-state index < -0.39 is 11.7 Å². The van der Waals surface area contributed by atoms with Crippen LogP contribution in [-0.4, -0.2) is 99.6 Å². The number of nitrogens with one attached hydrogen (secondary N) is 4. The summed E-state index contributed by atoms with van der Waals surface area (Å²) >= 11 is 0. The number of nitrogens with zero attached hydrogens (tertiary/aromatic N) is 4. The van der Waals surface area contributed by atoms with Crippen molar-refractivity contribution in [2.45, 2.75) is 89.8 Å². The maximum Gasteiger partial charge on any atom is 0.257 e. The maximum atomic E-state index is 14.6. The second-order valence-corrected chi connectivity index (χ2v) is 16.3. The van der Waals surface area contributed by atoms with Gasteiger partial charge in [-0.1, -0.05) is 36.4 Å². The van der Waals surface area contributed by atoms with Crippen LogP contribution >= 0.6 is 0 Å². The number of pyridine rings is 1. The standard InChI is InChI=1S/C45H53FN8O4/c1-28-22-53(23-29(2)50-28)24-31-10-15-38(33(18-31)25-54-16-17-57-26-30(54)3)32-6-4-7-37(19-32)58-45-40(20-34(46)21-47-45)44(56)52-36-13-11-35(12-14-36)51-43(55)39-8-5-9-41-42(39)49-27-48-41/h4-10,15,18-21,27-30,35-36,50H,11-14,16-17,22-26H2,1-3H3,(H,48,49)(H,51,55)(H,52,56)/t28-,29?,30?,35?,36?/m0/s1. The third-order valence-electron chi connectivity index (χ3n) is 11.6. The molecule has 3 atom stereocenters. The Kier molecular flexibility index (Phi) is 12.1.